The molecule has 0 aliphatic rings. The van der Waals surface area contributed by atoms with Gasteiger partial charge in [-0.2, -0.15) is 0 Å². The van der Waals surface area contributed by atoms with Crippen molar-refractivity contribution in [2.45, 2.75) is 26.7 Å². The first-order chi connectivity index (χ1) is 4.68. The van der Waals surface area contributed by atoms with Crippen molar-refractivity contribution in [2.24, 2.45) is 5.92 Å². The summed E-state index contributed by atoms with van der Waals surface area (Å²) in [5.74, 6) is -1.10. The van der Waals surface area contributed by atoms with Crippen LogP contribution in [-0.2, 0) is 4.79 Å². The normalized spacial score (nSPS) is 13.8. The largest absolute Gasteiger partial charge is 0.481 e. The monoisotopic (exact) mass is 142 g/mol. The Morgan fingerprint density at radius 1 is 1.70 bits per heavy atom. The Balaban J connectivity index is 3.55. The average Bonchev–Trinajstić information content (AvgIpc) is 1.88. The van der Waals surface area contributed by atoms with E-state index in [4.69, 9.17) is 5.11 Å². The molecule has 0 aliphatic heterocycles. The minimum absolute atomic E-state index is 0.341. The Morgan fingerprint density at radius 3 is 2.70 bits per heavy atom. The van der Waals surface area contributed by atoms with Gasteiger partial charge < -0.3 is 5.11 Å². The van der Waals surface area contributed by atoms with Crippen molar-refractivity contribution in [1.82, 2.24) is 0 Å². The highest BCUT2D eigenvalue weighted by Crippen LogP contribution is 1.98. The minimum Gasteiger partial charge on any atom is -0.481 e. The van der Waals surface area contributed by atoms with Crippen molar-refractivity contribution < 1.29 is 9.90 Å². The Hall–Kier alpha value is -0.790. The molecule has 0 aromatic heterocycles. The van der Waals surface area contributed by atoms with Crippen LogP contribution in [0, 0.1) is 5.92 Å². The molecule has 0 aromatic carbocycles. The van der Waals surface area contributed by atoms with E-state index < -0.39 is 5.97 Å². The van der Waals surface area contributed by atoms with E-state index >= 15 is 0 Å². The molecule has 2 heteroatoms. The van der Waals surface area contributed by atoms with Gasteiger partial charge in [-0.25, -0.2) is 0 Å². The Kier molecular flexibility index (Phi) is 4.63. The van der Waals surface area contributed by atoms with Crippen molar-refractivity contribution in [2.75, 3.05) is 0 Å². The maximum atomic E-state index is 10.2. The second-order valence-electron chi connectivity index (χ2n) is 2.34. The molecule has 1 atom stereocenters. The molecule has 2 nitrogen and oxygen atoms in total. The second-order valence-corrected chi connectivity index (χ2v) is 2.34. The topological polar surface area (TPSA) is 37.3 Å². The van der Waals surface area contributed by atoms with Crippen molar-refractivity contribution >= 4 is 5.97 Å². The molecule has 0 spiro atoms. The van der Waals surface area contributed by atoms with Gasteiger partial charge in [0.25, 0.3) is 0 Å². The number of carbonyl (C=O) groups is 1. The lowest BCUT2D eigenvalue weighted by Gasteiger charge is -1.95. The number of aliphatic carboxylic acids is 1. The van der Waals surface area contributed by atoms with Crippen LogP contribution in [0.25, 0.3) is 0 Å². The van der Waals surface area contributed by atoms with E-state index in [1.807, 2.05) is 6.08 Å². The zero-order chi connectivity index (χ0) is 7.98. The molecule has 0 radical (unpaired) electrons. The quantitative estimate of drug-likeness (QED) is 0.610. The van der Waals surface area contributed by atoms with Gasteiger partial charge in [-0.05, 0) is 13.3 Å². The first kappa shape index (κ1) is 9.21. The third kappa shape index (κ3) is 4.13. The fourth-order valence-electron chi connectivity index (χ4n) is 0.549. The van der Waals surface area contributed by atoms with Gasteiger partial charge in [-0.15, -0.1) is 0 Å². The smallest absolute Gasteiger partial charge is 0.310 e. The molecule has 0 saturated carbocycles. The SMILES string of the molecule is CCC/C=C/[C@@H](C)C(=O)O. The lowest BCUT2D eigenvalue weighted by molar-refractivity contribution is -0.139. The number of carboxylic acid groups (broad SMARTS) is 1. The number of hydrogen-bond acceptors (Lipinski definition) is 1. The summed E-state index contributed by atoms with van der Waals surface area (Å²) in [7, 11) is 0. The summed E-state index contributed by atoms with van der Waals surface area (Å²) in [6.45, 7) is 3.74. The van der Waals surface area contributed by atoms with Crippen LogP contribution in [0.15, 0.2) is 12.2 Å². The van der Waals surface area contributed by atoms with Crippen LogP contribution in [0.2, 0.25) is 0 Å². The molecule has 0 amide bonds. The van der Waals surface area contributed by atoms with Crippen LogP contribution in [0.1, 0.15) is 26.7 Å². The van der Waals surface area contributed by atoms with Gasteiger partial charge in [0, 0.05) is 0 Å². The van der Waals surface area contributed by atoms with Crippen LogP contribution < -0.4 is 0 Å². The fourth-order valence-corrected chi connectivity index (χ4v) is 0.549. The van der Waals surface area contributed by atoms with Gasteiger partial charge >= 0.3 is 5.97 Å². The highest BCUT2D eigenvalue weighted by atomic mass is 16.4. The fraction of sp³-hybridized carbons (Fsp3) is 0.625. The molecular formula is C8H14O2. The third-order valence-corrected chi connectivity index (χ3v) is 1.27. The van der Waals surface area contributed by atoms with Gasteiger partial charge in [-0.1, -0.05) is 25.5 Å². The van der Waals surface area contributed by atoms with E-state index in [0.29, 0.717) is 0 Å². The van der Waals surface area contributed by atoms with Crippen LogP contribution in [0.4, 0.5) is 0 Å². The summed E-state index contributed by atoms with van der Waals surface area (Å²) in [5, 5.41) is 8.43. The van der Waals surface area contributed by atoms with Crippen molar-refractivity contribution in [3.8, 4) is 0 Å². The molecule has 0 heterocycles. The molecule has 0 saturated heterocycles. The molecule has 0 unspecified atom stereocenters. The molecule has 0 aliphatic carbocycles. The summed E-state index contributed by atoms with van der Waals surface area (Å²) >= 11 is 0. The van der Waals surface area contributed by atoms with Gasteiger partial charge in [0.05, 0.1) is 5.92 Å². The van der Waals surface area contributed by atoms with E-state index in [9.17, 15) is 4.79 Å². The Labute approximate surface area is 61.6 Å². The van der Waals surface area contributed by atoms with Crippen molar-refractivity contribution in [3.05, 3.63) is 12.2 Å². The summed E-state index contributed by atoms with van der Waals surface area (Å²) in [6, 6.07) is 0. The van der Waals surface area contributed by atoms with Crippen LogP contribution in [0.5, 0.6) is 0 Å². The standard InChI is InChI=1S/C8H14O2/c1-3-4-5-6-7(2)8(9)10/h5-7H,3-4H2,1-2H3,(H,9,10)/b6-5+/t7-/m1/s1. The predicted octanol–water partition coefficient (Wildman–Crippen LogP) is 2.06. The first-order valence-corrected chi connectivity index (χ1v) is 3.58. The lowest BCUT2D eigenvalue weighted by atomic mass is 10.1. The Bertz CT molecular complexity index is 127. The number of unbranched alkanes of at least 4 members (excludes halogenated alkanes) is 1. The average molecular weight is 142 g/mol. The maximum Gasteiger partial charge on any atom is 0.310 e. The van der Waals surface area contributed by atoms with Gasteiger partial charge in [-0.3, -0.25) is 4.79 Å². The van der Waals surface area contributed by atoms with Crippen LogP contribution in [0.3, 0.4) is 0 Å². The van der Waals surface area contributed by atoms with Crippen LogP contribution in [-0.4, -0.2) is 11.1 Å². The van der Waals surface area contributed by atoms with E-state index in [-0.39, 0.29) is 5.92 Å². The number of carboxylic acids is 1. The van der Waals surface area contributed by atoms with E-state index in [1.165, 1.54) is 0 Å². The molecule has 0 fully saturated rings. The number of rotatable bonds is 4. The molecule has 0 bridgehead atoms. The Morgan fingerprint density at radius 2 is 2.30 bits per heavy atom. The van der Waals surface area contributed by atoms with E-state index in [1.54, 1.807) is 13.0 Å². The van der Waals surface area contributed by atoms with Crippen molar-refractivity contribution in [1.29, 1.82) is 0 Å². The van der Waals surface area contributed by atoms with E-state index in [0.717, 1.165) is 12.8 Å². The van der Waals surface area contributed by atoms with E-state index in [2.05, 4.69) is 6.92 Å². The number of hydrogen-bond donors (Lipinski definition) is 1. The molecule has 58 valence electrons. The molecule has 10 heavy (non-hydrogen) atoms. The minimum atomic E-state index is -0.757. The number of allylic oxidation sites excluding steroid dienone is 1. The predicted molar refractivity (Wildman–Crippen MR) is 40.8 cm³/mol. The summed E-state index contributed by atoms with van der Waals surface area (Å²) in [6.07, 6.45) is 5.69. The highest BCUT2D eigenvalue weighted by molar-refractivity contribution is 5.71. The first-order valence-electron chi connectivity index (χ1n) is 3.58. The third-order valence-electron chi connectivity index (χ3n) is 1.27. The van der Waals surface area contributed by atoms with Gasteiger partial charge in [0.15, 0.2) is 0 Å². The van der Waals surface area contributed by atoms with Gasteiger partial charge in [0.2, 0.25) is 0 Å². The van der Waals surface area contributed by atoms with Crippen molar-refractivity contribution in [3.63, 3.8) is 0 Å². The second kappa shape index (κ2) is 5.03. The molecule has 1 N–H and O–H groups in total. The zero-order valence-electron chi connectivity index (χ0n) is 6.50. The molecule has 0 aromatic rings. The maximum absolute atomic E-state index is 10.2. The van der Waals surface area contributed by atoms with Crippen LogP contribution >= 0.6 is 0 Å². The lowest BCUT2D eigenvalue weighted by Crippen LogP contribution is -2.05. The molecular weight excluding hydrogens is 128 g/mol. The van der Waals surface area contributed by atoms with Gasteiger partial charge in [0.1, 0.15) is 0 Å². The summed E-state index contributed by atoms with van der Waals surface area (Å²) in [5.41, 5.74) is 0. The summed E-state index contributed by atoms with van der Waals surface area (Å²) < 4.78 is 0. The molecule has 0 rings (SSSR count). The summed E-state index contributed by atoms with van der Waals surface area (Å²) in [4.78, 5) is 10.2. The zero-order valence-corrected chi connectivity index (χ0v) is 6.50. The highest BCUT2D eigenvalue weighted by Gasteiger charge is 2.03.